The van der Waals surface area contributed by atoms with Crippen LogP contribution in [0.5, 0.6) is 0 Å². The molecule has 1 aliphatic rings. The van der Waals surface area contributed by atoms with Crippen LogP contribution < -0.4 is 5.32 Å². The molecule has 1 amide bonds. The Bertz CT molecular complexity index is 565. The molecule has 0 bridgehead atoms. The zero-order valence-corrected chi connectivity index (χ0v) is 15.3. The molecule has 2 N–H and O–H groups in total. The molecule has 0 saturated carbocycles. The van der Waals surface area contributed by atoms with Gasteiger partial charge in [0.05, 0.1) is 5.60 Å². The lowest BCUT2D eigenvalue weighted by atomic mass is 10.1. The minimum atomic E-state index is -1.03. The highest BCUT2D eigenvalue weighted by Gasteiger charge is 2.31. The lowest BCUT2D eigenvalue weighted by molar-refractivity contribution is -0.142. The van der Waals surface area contributed by atoms with Crippen LogP contribution in [0.25, 0.3) is 0 Å². The van der Waals surface area contributed by atoms with E-state index in [2.05, 4.69) is 5.32 Å². The molecule has 7 heteroatoms. The average Bonchev–Trinajstić information content (AvgIpc) is 2.92. The van der Waals surface area contributed by atoms with Gasteiger partial charge >= 0.3 is 5.97 Å². The van der Waals surface area contributed by atoms with Crippen molar-refractivity contribution in [1.82, 2.24) is 5.32 Å². The molecule has 0 spiro atoms. The predicted octanol–water partition coefficient (Wildman–Crippen LogP) is 2.85. The van der Waals surface area contributed by atoms with E-state index in [4.69, 9.17) is 4.74 Å². The largest absolute Gasteiger partial charge is 0.480 e. The molecule has 1 aliphatic heterocycles. The molecule has 1 aromatic heterocycles. The number of hydrogen-bond donors (Lipinski definition) is 2. The first-order valence-electron chi connectivity index (χ1n) is 7.63. The topological polar surface area (TPSA) is 75.6 Å². The molecule has 0 aromatic carbocycles. The zero-order valence-electron chi connectivity index (χ0n) is 13.6. The van der Waals surface area contributed by atoms with Crippen molar-refractivity contribution in [2.75, 3.05) is 12.4 Å². The smallest absolute Gasteiger partial charge is 0.326 e. The van der Waals surface area contributed by atoms with Crippen molar-refractivity contribution in [2.24, 2.45) is 0 Å². The molecule has 0 fully saturated rings. The summed E-state index contributed by atoms with van der Waals surface area (Å²) in [6, 6.07) is 1.05. The van der Waals surface area contributed by atoms with Crippen molar-refractivity contribution >= 4 is 35.0 Å². The third kappa shape index (κ3) is 5.22. The summed E-state index contributed by atoms with van der Waals surface area (Å²) < 4.78 is 5.56. The number of aliphatic carboxylic acids is 1. The van der Waals surface area contributed by atoms with Crippen LogP contribution in [0.3, 0.4) is 0 Å². The summed E-state index contributed by atoms with van der Waals surface area (Å²) in [5, 5.41) is 13.7. The lowest BCUT2D eigenvalue weighted by Gasteiger charge is -2.25. The van der Waals surface area contributed by atoms with E-state index in [-0.39, 0.29) is 23.2 Å². The number of carbonyl (C=O) groups excluding carboxylic acids is 1. The van der Waals surface area contributed by atoms with Gasteiger partial charge in [-0.3, -0.25) is 4.79 Å². The Balaban J connectivity index is 1.95. The van der Waals surface area contributed by atoms with Crippen molar-refractivity contribution in [2.45, 2.75) is 50.5 Å². The molecule has 2 unspecified atom stereocenters. The molecule has 128 valence electrons. The summed E-state index contributed by atoms with van der Waals surface area (Å²) >= 11 is 3.23. The zero-order chi connectivity index (χ0) is 17.0. The standard InChI is InChI=1S/C16H23NO4S2/c1-16(2,3)21-7-4-11(15(19)20)17-14(18)13-10-5-8-22-12(10)6-9-23-13/h5,8,11,13H,4,6-7,9H2,1-3H3,(H,17,18)(H,19,20). The van der Waals surface area contributed by atoms with Gasteiger partial charge in [0.25, 0.3) is 0 Å². The van der Waals surface area contributed by atoms with Gasteiger partial charge in [0.2, 0.25) is 5.91 Å². The highest BCUT2D eigenvalue weighted by Crippen LogP contribution is 2.39. The van der Waals surface area contributed by atoms with Crippen molar-refractivity contribution in [3.05, 3.63) is 21.9 Å². The number of carboxylic acids is 1. The third-order valence-corrected chi connectivity index (χ3v) is 5.71. The van der Waals surface area contributed by atoms with Crippen LogP contribution in [0.4, 0.5) is 0 Å². The summed E-state index contributed by atoms with van der Waals surface area (Å²) in [7, 11) is 0. The number of amides is 1. The maximum Gasteiger partial charge on any atom is 0.326 e. The Hall–Kier alpha value is -1.05. The Labute approximate surface area is 144 Å². The first-order chi connectivity index (χ1) is 10.8. The fraction of sp³-hybridized carbons (Fsp3) is 0.625. The van der Waals surface area contributed by atoms with Crippen LogP contribution in [0.2, 0.25) is 0 Å². The fourth-order valence-corrected chi connectivity index (χ4v) is 4.65. The normalized spacial score (nSPS) is 19.0. The summed E-state index contributed by atoms with van der Waals surface area (Å²) in [4.78, 5) is 25.1. The molecule has 2 atom stereocenters. The Morgan fingerprint density at radius 1 is 1.48 bits per heavy atom. The number of carboxylic acid groups (broad SMARTS) is 1. The lowest BCUT2D eigenvalue weighted by Crippen LogP contribution is -2.44. The van der Waals surface area contributed by atoms with Crippen LogP contribution in [0.15, 0.2) is 11.4 Å². The highest BCUT2D eigenvalue weighted by atomic mass is 32.2. The predicted molar refractivity (Wildman–Crippen MR) is 93.1 cm³/mol. The van der Waals surface area contributed by atoms with Gasteiger partial charge in [-0.25, -0.2) is 4.79 Å². The van der Waals surface area contributed by atoms with Gasteiger partial charge in [0.15, 0.2) is 0 Å². The summed E-state index contributed by atoms with van der Waals surface area (Å²) in [5.74, 6) is -0.365. The summed E-state index contributed by atoms with van der Waals surface area (Å²) in [5.41, 5.74) is 0.705. The van der Waals surface area contributed by atoms with Crippen LogP contribution in [-0.2, 0) is 20.7 Å². The molecule has 1 aromatic rings. The van der Waals surface area contributed by atoms with Gasteiger partial charge in [-0.1, -0.05) is 0 Å². The Morgan fingerprint density at radius 2 is 2.22 bits per heavy atom. The number of thiophene rings is 1. The van der Waals surface area contributed by atoms with E-state index in [0.717, 1.165) is 17.7 Å². The van der Waals surface area contributed by atoms with Gasteiger partial charge < -0.3 is 15.2 Å². The Morgan fingerprint density at radius 3 is 2.87 bits per heavy atom. The van der Waals surface area contributed by atoms with Crippen molar-refractivity contribution in [3.8, 4) is 0 Å². The number of rotatable bonds is 6. The quantitative estimate of drug-likeness (QED) is 0.819. The number of aryl methyl sites for hydroxylation is 1. The number of carbonyl (C=O) groups is 2. The van der Waals surface area contributed by atoms with Crippen molar-refractivity contribution < 1.29 is 19.4 Å². The van der Waals surface area contributed by atoms with Gasteiger partial charge in [-0.05, 0) is 50.0 Å². The van der Waals surface area contributed by atoms with Gasteiger partial charge in [-0.2, -0.15) is 0 Å². The molecule has 0 aliphatic carbocycles. The Kier molecular flexibility index (Phi) is 6.11. The monoisotopic (exact) mass is 357 g/mol. The van der Waals surface area contributed by atoms with E-state index in [9.17, 15) is 14.7 Å². The van der Waals surface area contributed by atoms with Gasteiger partial charge in [-0.15, -0.1) is 23.1 Å². The van der Waals surface area contributed by atoms with E-state index >= 15 is 0 Å². The fourth-order valence-electron chi connectivity index (χ4n) is 2.35. The number of ether oxygens (including phenoxy) is 1. The summed E-state index contributed by atoms with van der Waals surface area (Å²) in [6.45, 7) is 6.04. The molecule has 2 heterocycles. The van der Waals surface area contributed by atoms with E-state index in [1.54, 1.807) is 23.1 Å². The number of nitrogens with one attached hydrogen (secondary N) is 1. The number of fused-ring (bicyclic) bond motifs is 1. The second-order valence-corrected chi connectivity index (χ2v) is 8.66. The number of hydrogen-bond acceptors (Lipinski definition) is 5. The molecule has 5 nitrogen and oxygen atoms in total. The maximum atomic E-state index is 12.5. The SMILES string of the molecule is CC(C)(C)OCCC(NC(=O)C1SCCc2sccc21)C(=O)O. The van der Waals surface area contributed by atoms with Crippen molar-refractivity contribution in [1.29, 1.82) is 0 Å². The molecular weight excluding hydrogens is 334 g/mol. The van der Waals surface area contributed by atoms with E-state index < -0.39 is 12.0 Å². The van der Waals surface area contributed by atoms with Crippen LogP contribution in [-0.4, -0.2) is 41.0 Å². The van der Waals surface area contributed by atoms with E-state index in [0.29, 0.717) is 6.61 Å². The van der Waals surface area contributed by atoms with Gasteiger partial charge in [0, 0.05) is 17.9 Å². The average molecular weight is 357 g/mol. The molecule has 0 radical (unpaired) electrons. The minimum Gasteiger partial charge on any atom is -0.480 e. The first-order valence-corrected chi connectivity index (χ1v) is 9.56. The maximum absolute atomic E-state index is 12.5. The third-order valence-electron chi connectivity index (χ3n) is 3.47. The minimum absolute atomic E-state index is 0.225. The number of thioether (sulfide) groups is 1. The molecule has 2 rings (SSSR count). The first kappa shape index (κ1) is 18.3. The molecule has 23 heavy (non-hydrogen) atoms. The van der Waals surface area contributed by atoms with Crippen molar-refractivity contribution in [3.63, 3.8) is 0 Å². The molecule has 0 saturated heterocycles. The van der Waals surface area contributed by atoms with Crippen LogP contribution >= 0.6 is 23.1 Å². The van der Waals surface area contributed by atoms with Gasteiger partial charge in [0.1, 0.15) is 11.3 Å². The highest BCUT2D eigenvalue weighted by molar-refractivity contribution is 8.00. The summed E-state index contributed by atoms with van der Waals surface area (Å²) in [6.07, 6.45) is 1.23. The molecular formula is C16H23NO4S2. The van der Waals surface area contributed by atoms with E-state index in [1.807, 2.05) is 32.2 Å². The van der Waals surface area contributed by atoms with Crippen LogP contribution in [0.1, 0.15) is 42.9 Å². The second-order valence-electron chi connectivity index (χ2n) is 6.45. The van der Waals surface area contributed by atoms with E-state index in [1.165, 1.54) is 4.88 Å². The van der Waals surface area contributed by atoms with Crippen LogP contribution in [0, 0.1) is 0 Å². The second kappa shape index (κ2) is 7.68.